The van der Waals surface area contributed by atoms with Gasteiger partial charge in [-0.25, -0.2) is 12.7 Å². The van der Waals surface area contributed by atoms with Crippen LogP contribution in [0.4, 0.5) is 5.69 Å². The molecule has 2 aromatic rings. The lowest BCUT2D eigenvalue weighted by atomic mass is 10.2. The van der Waals surface area contributed by atoms with Crippen LogP contribution in [0.2, 0.25) is 0 Å². The van der Waals surface area contributed by atoms with E-state index in [-0.39, 0.29) is 10.8 Å². The molecule has 0 radical (unpaired) electrons. The molecule has 0 aliphatic rings. The van der Waals surface area contributed by atoms with E-state index in [9.17, 15) is 13.2 Å². The molecule has 0 aliphatic carbocycles. The highest BCUT2D eigenvalue weighted by Crippen LogP contribution is 2.22. The molecule has 0 spiro atoms. The minimum Gasteiger partial charge on any atom is -0.497 e. The summed E-state index contributed by atoms with van der Waals surface area (Å²) < 4.78 is 30.9. The molecular weight excluding hydrogens is 352 g/mol. The van der Waals surface area contributed by atoms with Crippen LogP contribution in [-0.4, -0.2) is 39.8 Å². The third-order valence-electron chi connectivity index (χ3n) is 3.76. The first-order valence-electron chi connectivity index (χ1n) is 7.90. The lowest BCUT2D eigenvalue weighted by molar-refractivity contribution is -0.111. The lowest BCUT2D eigenvalue weighted by Gasteiger charge is -2.14. The van der Waals surface area contributed by atoms with Crippen LogP contribution in [0.1, 0.15) is 11.1 Å². The van der Waals surface area contributed by atoms with Gasteiger partial charge in [-0.1, -0.05) is 18.2 Å². The summed E-state index contributed by atoms with van der Waals surface area (Å²) in [5, 5.41) is 2.68. The summed E-state index contributed by atoms with van der Waals surface area (Å²) in [4.78, 5) is 12.3. The fourth-order valence-corrected chi connectivity index (χ4v) is 3.37. The number of sulfonamides is 1. The van der Waals surface area contributed by atoms with Gasteiger partial charge in [0.2, 0.25) is 15.9 Å². The number of aryl methyl sites for hydroxylation is 1. The molecule has 7 heteroatoms. The summed E-state index contributed by atoms with van der Waals surface area (Å²) >= 11 is 0. The van der Waals surface area contributed by atoms with Crippen LogP contribution >= 0.6 is 0 Å². The zero-order valence-corrected chi connectivity index (χ0v) is 16.0. The second-order valence-electron chi connectivity index (χ2n) is 5.86. The van der Waals surface area contributed by atoms with E-state index >= 15 is 0 Å². The normalized spacial score (nSPS) is 11.7. The number of hydrogen-bond acceptors (Lipinski definition) is 4. The molecule has 0 aromatic heterocycles. The van der Waals surface area contributed by atoms with E-state index in [0.717, 1.165) is 15.6 Å². The van der Waals surface area contributed by atoms with Crippen molar-refractivity contribution in [2.75, 3.05) is 26.5 Å². The number of amides is 1. The molecular formula is C19H22N2O4S. The Balaban J connectivity index is 2.15. The van der Waals surface area contributed by atoms with Crippen molar-refractivity contribution in [3.63, 3.8) is 0 Å². The zero-order chi connectivity index (χ0) is 19.3. The molecule has 1 amide bonds. The Morgan fingerprint density at radius 1 is 1.12 bits per heavy atom. The second-order valence-corrected chi connectivity index (χ2v) is 7.98. The van der Waals surface area contributed by atoms with Crippen molar-refractivity contribution in [1.29, 1.82) is 0 Å². The summed E-state index contributed by atoms with van der Waals surface area (Å²) in [6, 6.07) is 12.1. The molecule has 0 atom stereocenters. The van der Waals surface area contributed by atoms with E-state index in [2.05, 4.69) is 5.32 Å². The van der Waals surface area contributed by atoms with Crippen LogP contribution in [0.25, 0.3) is 6.08 Å². The predicted octanol–water partition coefficient (Wildman–Crippen LogP) is 2.91. The maximum atomic E-state index is 12.3. The van der Waals surface area contributed by atoms with E-state index in [4.69, 9.17) is 4.74 Å². The number of ether oxygens (including phenoxy) is 1. The van der Waals surface area contributed by atoms with Gasteiger partial charge in [-0.15, -0.1) is 0 Å². The molecule has 0 fully saturated rings. The molecule has 0 bridgehead atoms. The third-order valence-corrected chi connectivity index (χ3v) is 5.71. The molecule has 0 heterocycles. The quantitative estimate of drug-likeness (QED) is 0.789. The van der Waals surface area contributed by atoms with Gasteiger partial charge in [0.15, 0.2) is 0 Å². The highest BCUT2D eigenvalue weighted by Gasteiger charge is 2.20. The Kier molecular flexibility index (Phi) is 6.18. The Labute approximate surface area is 154 Å². The van der Waals surface area contributed by atoms with Gasteiger partial charge >= 0.3 is 0 Å². The van der Waals surface area contributed by atoms with Crippen LogP contribution in [0, 0.1) is 6.92 Å². The fraction of sp³-hybridized carbons (Fsp3) is 0.211. The van der Waals surface area contributed by atoms with Crippen LogP contribution in [-0.2, 0) is 14.8 Å². The molecule has 0 unspecified atom stereocenters. The van der Waals surface area contributed by atoms with Crippen molar-refractivity contribution in [1.82, 2.24) is 4.31 Å². The van der Waals surface area contributed by atoms with Gasteiger partial charge in [0.1, 0.15) is 5.75 Å². The number of benzene rings is 2. The molecule has 0 aliphatic heterocycles. The summed E-state index contributed by atoms with van der Waals surface area (Å²) in [7, 11) is 0.952. The molecule has 1 N–H and O–H groups in total. The van der Waals surface area contributed by atoms with Crippen LogP contribution < -0.4 is 10.1 Å². The van der Waals surface area contributed by atoms with Gasteiger partial charge in [0.05, 0.1) is 12.0 Å². The first-order chi connectivity index (χ1) is 12.2. The number of hydrogen-bond donors (Lipinski definition) is 1. The third kappa shape index (κ3) is 4.71. The Hall–Kier alpha value is -2.64. The van der Waals surface area contributed by atoms with Crippen LogP contribution in [0.15, 0.2) is 53.4 Å². The second kappa shape index (κ2) is 8.16. The first-order valence-corrected chi connectivity index (χ1v) is 9.34. The van der Waals surface area contributed by atoms with E-state index in [0.29, 0.717) is 11.3 Å². The Bertz CT molecular complexity index is 917. The van der Waals surface area contributed by atoms with Crippen molar-refractivity contribution >= 4 is 27.7 Å². The van der Waals surface area contributed by atoms with Gasteiger partial charge in [0.25, 0.3) is 0 Å². The monoisotopic (exact) mass is 374 g/mol. The number of nitrogens with zero attached hydrogens (tertiary/aromatic N) is 1. The van der Waals surface area contributed by atoms with Crippen molar-refractivity contribution in [3.8, 4) is 5.75 Å². The largest absolute Gasteiger partial charge is 0.497 e. The molecule has 0 saturated heterocycles. The van der Waals surface area contributed by atoms with Crippen molar-refractivity contribution in [2.45, 2.75) is 11.8 Å². The Morgan fingerprint density at radius 3 is 2.35 bits per heavy atom. The molecule has 0 saturated carbocycles. The topological polar surface area (TPSA) is 75.7 Å². The number of carbonyl (C=O) groups excluding carboxylic acids is 1. The van der Waals surface area contributed by atoms with Crippen molar-refractivity contribution in [2.24, 2.45) is 0 Å². The number of methoxy groups -OCH3 is 1. The number of carbonyl (C=O) groups is 1. The average Bonchev–Trinajstić information content (AvgIpc) is 2.61. The first kappa shape index (κ1) is 19.7. The number of anilines is 1. The number of rotatable bonds is 6. The summed E-state index contributed by atoms with van der Waals surface area (Å²) in [5.74, 6) is 0.388. The van der Waals surface area contributed by atoms with Gasteiger partial charge in [-0.05, 0) is 48.4 Å². The molecule has 138 valence electrons. The maximum Gasteiger partial charge on any atom is 0.248 e. The average molecular weight is 374 g/mol. The Morgan fingerprint density at radius 2 is 1.77 bits per heavy atom. The van der Waals surface area contributed by atoms with Crippen LogP contribution in [0.5, 0.6) is 5.75 Å². The summed E-state index contributed by atoms with van der Waals surface area (Å²) in [5.41, 5.74) is 1.88. The minimum absolute atomic E-state index is 0.166. The molecule has 6 nitrogen and oxygen atoms in total. The van der Waals surface area contributed by atoms with E-state index in [1.165, 1.54) is 26.2 Å². The van der Waals surface area contributed by atoms with E-state index < -0.39 is 10.0 Å². The SMILES string of the molecule is COc1ccc(/C=C/C(=O)Nc2ccc(C)c(S(=O)(=O)N(C)C)c2)cc1. The van der Waals surface area contributed by atoms with Gasteiger partial charge in [-0.3, -0.25) is 4.79 Å². The highest BCUT2D eigenvalue weighted by molar-refractivity contribution is 7.89. The van der Waals surface area contributed by atoms with Gasteiger partial charge in [-0.2, -0.15) is 0 Å². The lowest BCUT2D eigenvalue weighted by Crippen LogP contribution is -2.23. The standard InChI is InChI=1S/C19H22N2O4S/c1-14-5-9-16(13-18(14)26(23,24)21(2)3)20-19(22)12-8-15-6-10-17(25-4)11-7-15/h5-13H,1-4H3,(H,20,22)/b12-8+. The number of nitrogens with one attached hydrogen (secondary N) is 1. The van der Waals surface area contributed by atoms with Gasteiger partial charge in [0, 0.05) is 25.9 Å². The van der Waals surface area contributed by atoms with E-state index in [1.54, 1.807) is 44.4 Å². The fourth-order valence-electron chi connectivity index (χ4n) is 2.22. The zero-order valence-electron chi connectivity index (χ0n) is 15.2. The van der Waals surface area contributed by atoms with Crippen LogP contribution in [0.3, 0.4) is 0 Å². The van der Waals surface area contributed by atoms with E-state index in [1.807, 2.05) is 12.1 Å². The predicted molar refractivity (Wildman–Crippen MR) is 103 cm³/mol. The molecule has 2 rings (SSSR count). The smallest absolute Gasteiger partial charge is 0.248 e. The van der Waals surface area contributed by atoms with Gasteiger partial charge < -0.3 is 10.1 Å². The summed E-state index contributed by atoms with van der Waals surface area (Å²) in [6.45, 7) is 1.71. The molecule has 26 heavy (non-hydrogen) atoms. The molecule has 2 aromatic carbocycles. The summed E-state index contributed by atoms with van der Waals surface area (Å²) in [6.07, 6.45) is 3.06. The maximum absolute atomic E-state index is 12.3. The van der Waals surface area contributed by atoms with Crippen molar-refractivity contribution < 1.29 is 17.9 Å². The minimum atomic E-state index is -3.58. The highest BCUT2D eigenvalue weighted by atomic mass is 32.2. The van der Waals surface area contributed by atoms with Crippen molar-refractivity contribution in [3.05, 3.63) is 59.7 Å².